The van der Waals surface area contributed by atoms with Crippen LogP contribution in [-0.4, -0.2) is 20.3 Å². The van der Waals surface area contributed by atoms with Crippen molar-refractivity contribution in [3.63, 3.8) is 0 Å². The predicted molar refractivity (Wildman–Crippen MR) is 135 cm³/mol. The van der Waals surface area contributed by atoms with Gasteiger partial charge >= 0.3 is 6.18 Å². The third-order valence-electron chi connectivity index (χ3n) is 5.48. The van der Waals surface area contributed by atoms with Gasteiger partial charge in [0.15, 0.2) is 5.13 Å². The molecule has 0 unspecified atom stereocenters. The number of benzene rings is 2. The number of hydrogen-bond donors (Lipinski definition) is 3. The normalized spacial score (nSPS) is 11.6. The number of imidazole rings is 1. The second kappa shape index (κ2) is 9.00. The van der Waals surface area contributed by atoms with Crippen molar-refractivity contribution in [2.24, 2.45) is 0 Å². The highest BCUT2D eigenvalue weighted by Gasteiger charge is 2.34. The molecule has 0 spiro atoms. The number of aromatic nitrogens is 3. The van der Waals surface area contributed by atoms with E-state index in [1.807, 2.05) is 0 Å². The molecule has 0 aliphatic rings. The van der Waals surface area contributed by atoms with Crippen LogP contribution in [0.15, 0.2) is 72.2 Å². The number of fused-ring (bicyclic) bond motifs is 1. The molecule has 0 aliphatic carbocycles. The maximum Gasteiger partial charge on any atom is 0.419 e. The van der Waals surface area contributed by atoms with E-state index in [0.29, 0.717) is 44.8 Å². The highest BCUT2D eigenvalue weighted by Crippen LogP contribution is 2.35. The van der Waals surface area contributed by atoms with E-state index in [2.05, 4.69) is 20.6 Å². The molecule has 5 aromatic rings. The molecule has 3 aromatic heterocycles. The van der Waals surface area contributed by atoms with Crippen molar-refractivity contribution >= 4 is 45.1 Å². The van der Waals surface area contributed by atoms with Crippen molar-refractivity contribution < 1.29 is 18.0 Å². The van der Waals surface area contributed by atoms with E-state index in [1.165, 1.54) is 21.8 Å². The minimum atomic E-state index is -4.51. The molecule has 4 N–H and O–H groups in total. The number of nitrogen functional groups attached to an aromatic ring is 1. The van der Waals surface area contributed by atoms with Gasteiger partial charge in [0.05, 0.1) is 28.3 Å². The molecule has 0 saturated heterocycles. The van der Waals surface area contributed by atoms with E-state index in [4.69, 9.17) is 5.73 Å². The van der Waals surface area contributed by atoms with Crippen LogP contribution in [0.4, 0.5) is 35.4 Å². The predicted octanol–water partition coefficient (Wildman–Crippen LogP) is 6.36. The number of pyridine rings is 1. The molecule has 5 rings (SSSR count). The molecule has 0 fully saturated rings. The number of aryl methyl sites for hydroxylation is 1. The number of amides is 1. The summed E-state index contributed by atoms with van der Waals surface area (Å²) < 4.78 is 41.6. The number of carbonyl (C=O) groups is 1. The van der Waals surface area contributed by atoms with Gasteiger partial charge < -0.3 is 16.4 Å². The molecule has 0 aliphatic heterocycles. The summed E-state index contributed by atoms with van der Waals surface area (Å²) in [5.41, 5.74) is 8.50. The number of alkyl halides is 3. The van der Waals surface area contributed by atoms with Crippen LogP contribution < -0.4 is 16.4 Å². The zero-order chi connectivity index (χ0) is 25.4. The fourth-order valence-corrected chi connectivity index (χ4v) is 4.50. The summed E-state index contributed by atoms with van der Waals surface area (Å²) >= 11 is 1.30. The molecule has 11 heteroatoms. The Kier molecular flexibility index (Phi) is 5.84. The second-order valence-electron chi connectivity index (χ2n) is 7.94. The lowest BCUT2D eigenvalue weighted by Crippen LogP contribution is -2.13. The zero-order valence-electron chi connectivity index (χ0n) is 18.8. The lowest BCUT2D eigenvalue weighted by Gasteiger charge is -2.09. The lowest BCUT2D eigenvalue weighted by molar-refractivity contribution is -0.136. The first-order chi connectivity index (χ1) is 17.2. The Morgan fingerprint density at radius 1 is 1.03 bits per heavy atom. The van der Waals surface area contributed by atoms with Crippen LogP contribution in [-0.2, 0) is 6.18 Å². The molecular formula is C25H19F3N6OS. The monoisotopic (exact) mass is 508 g/mol. The Labute approximate surface area is 207 Å². The second-order valence-corrected chi connectivity index (χ2v) is 8.80. The van der Waals surface area contributed by atoms with Crippen molar-refractivity contribution in [2.45, 2.75) is 13.1 Å². The molecule has 182 valence electrons. The molecule has 0 atom stereocenters. The van der Waals surface area contributed by atoms with Crippen LogP contribution in [0.2, 0.25) is 0 Å². The van der Waals surface area contributed by atoms with Gasteiger partial charge in [-0.3, -0.25) is 9.20 Å². The van der Waals surface area contributed by atoms with E-state index in [9.17, 15) is 18.0 Å². The average molecular weight is 509 g/mol. The Morgan fingerprint density at radius 2 is 1.78 bits per heavy atom. The van der Waals surface area contributed by atoms with E-state index in [0.717, 1.165) is 6.07 Å². The molecule has 0 saturated carbocycles. The number of rotatable bonds is 5. The fourth-order valence-electron chi connectivity index (χ4n) is 3.78. The summed E-state index contributed by atoms with van der Waals surface area (Å²) in [5, 5.41) is 8.23. The van der Waals surface area contributed by atoms with Crippen molar-refractivity contribution in [1.29, 1.82) is 0 Å². The Morgan fingerprint density at radius 3 is 2.50 bits per heavy atom. The first-order valence-corrected chi connectivity index (χ1v) is 11.6. The molecule has 0 bridgehead atoms. The summed E-state index contributed by atoms with van der Waals surface area (Å²) in [6.45, 7) is 1.65. The van der Waals surface area contributed by atoms with Crippen LogP contribution in [0.25, 0.3) is 17.0 Å². The Balaban J connectivity index is 1.35. The van der Waals surface area contributed by atoms with Gasteiger partial charge in [0.25, 0.3) is 5.91 Å². The van der Waals surface area contributed by atoms with Gasteiger partial charge in [0.2, 0.25) is 0 Å². The SMILES string of the molecule is Cc1nc2c(C(F)(F)F)cccn2c1-c1csc(Nc2ccc(C(=O)Nc3ccccc3N)cc2)n1. The van der Waals surface area contributed by atoms with Crippen LogP contribution in [0.1, 0.15) is 21.6 Å². The highest BCUT2D eigenvalue weighted by molar-refractivity contribution is 7.14. The van der Waals surface area contributed by atoms with Gasteiger partial charge in [0.1, 0.15) is 11.3 Å². The van der Waals surface area contributed by atoms with Gasteiger partial charge in [0, 0.05) is 22.8 Å². The standard InChI is InChI=1S/C25H19F3N6OS/c1-14-21(34-12-4-5-17(22(34)30-14)25(26,27)28)20-13-36-24(33-20)31-16-10-8-15(9-11-16)23(35)32-19-7-3-2-6-18(19)29/h2-13H,29H2,1H3,(H,31,33)(H,32,35). The van der Waals surface area contributed by atoms with Crippen LogP contribution in [0, 0.1) is 6.92 Å². The molecule has 3 heterocycles. The summed E-state index contributed by atoms with van der Waals surface area (Å²) in [6, 6.07) is 16.1. The van der Waals surface area contributed by atoms with Gasteiger partial charge in [-0.2, -0.15) is 13.2 Å². The number of hydrogen-bond acceptors (Lipinski definition) is 6. The summed E-state index contributed by atoms with van der Waals surface area (Å²) in [7, 11) is 0. The fraction of sp³-hybridized carbons (Fsp3) is 0.0800. The topological polar surface area (TPSA) is 97.3 Å². The molecule has 7 nitrogen and oxygen atoms in total. The third kappa shape index (κ3) is 4.48. The smallest absolute Gasteiger partial charge is 0.397 e. The first-order valence-electron chi connectivity index (χ1n) is 10.7. The number of thiazole rings is 1. The van der Waals surface area contributed by atoms with Gasteiger partial charge in [-0.05, 0) is 55.5 Å². The van der Waals surface area contributed by atoms with E-state index in [-0.39, 0.29) is 11.6 Å². The molecule has 36 heavy (non-hydrogen) atoms. The van der Waals surface area contributed by atoms with Crippen LogP contribution >= 0.6 is 11.3 Å². The minimum Gasteiger partial charge on any atom is -0.397 e. The number of nitrogens with one attached hydrogen (secondary N) is 2. The summed E-state index contributed by atoms with van der Waals surface area (Å²) in [5.74, 6) is -0.294. The van der Waals surface area contributed by atoms with E-state index in [1.54, 1.807) is 67.0 Å². The maximum absolute atomic E-state index is 13.4. The minimum absolute atomic E-state index is 0.161. The van der Waals surface area contributed by atoms with Gasteiger partial charge in [-0.25, -0.2) is 9.97 Å². The molecule has 1 amide bonds. The summed E-state index contributed by atoms with van der Waals surface area (Å²) in [4.78, 5) is 21.2. The number of carbonyl (C=O) groups excluding carboxylic acids is 1. The van der Waals surface area contributed by atoms with E-state index < -0.39 is 11.7 Å². The average Bonchev–Trinajstić information content (AvgIpc) is 3.42. The first kappa shape index (κ1) is 23.4. The van der Waals surface area contributed by atoms with Crippen molar-refractivity contribution in [3.8, 4) is 11.4 Å². The Bertz CT molecular complexity index is 1570. The number of nitrogens with two attached hydrogens (primary N) is 1. The Hall–Kier alpha value is -4.38. The summed E-state index contributed by atoms with van der Waals surface area (Å²) in [6.07, 6.45) is -2.97. The third-order valence-corrected chi connectivity index (χ3v) is 6.24. The van der Waals surface area contributed by atoms with Gasteiger partial charge in [-0.15, -0.1) is 11.3 Å². The van der Waals surface area contributed by atoms with Crippen molar-refractivity contribution in [3.05, 3.63) is 89.1 Å². The van der Waals surface area contributed by atoms with E-state index >= 15 is 0 Å². The highest BCUT2D eigenvalue weighted by atomic mass is 32.1. The van der Waals surface area contributed by atoms with Crippen LogP contribution in [0.3, 0.4) is 0 Å². The lowest BCUT2D eigenvalue weighted by atomic mass is 10.2. The largest absolute Gasteiger partial charge is 0.419 e. The molecule has 2 aromatic carbocycles. The van der Waals surface area contributed by atoms with Gasteiger partial charge in [-0.1, -0.05) is 12.1 Å². The number of anilines is 4. The maximum atomic E-state index is 13.4. The van der Waals surface area contributed by atoms with Crippen LogP contribution in [0.5, 0.6) is 0 Å². The zero-order valence-corrected chi connectivity index (χ0v) is 19.6. The number of para-hydroxylation sites is 2. The quantitative estimate of drug-likeness (QED) is 0.240. The number of halogens is 3. The molecule has 0 radical (unpaired) electrons. The van der Waals surface area contributed by atoms with Crippen molar-refractivity contribution in [1.82, 2.24) is 14.4 Å². The number of nitrogens with zero attached hydrogens (tertiary/aromatic N) is 3. The van der Waals surface area contributed by atoms with Crippen molar-refractivity contribution in [2.75, 3.05) is 16.4 Å². The molecular weight excluding hydrogens is 489 g/mol.